The number of aliphatic hydroxyl groups is 1. The Hall–Kier alpha value is -1.88. The Bertz CT molecular complexity index is 604. The fraction of sp³-hybridized carbons (Fsp3) is 0.579. The third-order valence-corrected chi connectivity index (χ3v) is 5.54. The number of nitrogens with zero attached hydrogens (tertiary/aromatic N) is 1. The SMILES string of the molecule is CC1(C(=O)NCC2CCCC2O)CCCN1C(=O)c1ccccc1. The molecule has 5 nitrogen and oxygen atoms in total. The minimum Gasteiger partial charge on any atom is -0.393 e. The molecule has 2 fully saturated rings. The lowest BCUT2D eigenvalue weighted by Crippen LogP contribution is -2.56. The van der Waals surface area contributed by atoms with Gasteiger partial charge in [-0.15, -0.1) is 0 Å². The van der Waals surface area contributed by atoms with Gasteiger partial charge in [-0.1, -0.05) is 24.6 Å². The predicted molar refractivity (Wildman–Crippen MR) is 91.5 cm³/mol. The van der Waals surface area contributed by atoms with E-state index >= 15 is 0 Å². The summed E-state index contributed by atoms with van der Waals surface area (Å²) in [6.07, 6.45) is 3.96. The van der Waals surface area contributed by atoms with Crippen LogP contribution in [0, 0.1) is 5.92 Å². The molecule has 5 heteroatoms. The van der Waals surface area contributed by atoms with Crippen molar-refractivity contribution in [1.82, 2.24) is 10.2 Å². The Morgan fingerprint density at radius 3 is 2.67 bits per heavy atom. The number of hydrogen-bond acceptors (Lipinski definition) is 3. The first-order valence-electron chi connectivity index (χ1n) is 8.86. The first-order chi connectivity index (χ1) is 11.5. The van der Waals surface area contributed by atoms with Gasteiger partial charge in [0, 0.05) is 24.6 Å². The Morgan fingerprint density at radius 1 is 1.25 bits per heavy atom. The van der Waals surface area contributed by atoms with E-state index in [2.05, 4.69) is 5.32 Å². The molecule has 0 radical (unpaired) electrons. The number of aliphatic hydroxyl groups excluding tert-OH is 1. The molecular formula is C19H26N2O3. The molecular weight excluding hydrogens is 304 g/mol. The van der Waals surface area contributed by atoms with Crippen molar-refractivity contribution in [3.63, 3.8) is 0 Å². The van der Waals surface area contributed by atoms with E-state index in [0.717, 1.165) is 25.7 Å². The van der Waals surface area contributed by atoms with E-state index in [0.29, 0.717) is 25.1 Å². The van der Waals surface area contributed by atoms with Gasteiger partial charge in [-0.05, 0) is 44.7 Å². The second-order valence-corrected chi connectivity index (χ2v) is 7.17. The maximum Gasteiger partial charge on any atom is 0.254 e. The molecule has 1 heterocycles. The van der Waals surface area contributed by atoms with Crippen molar-refractivity contribution in [1.29, 1.82) is 0 Å². The number of hydrogen-bond donors (Lipinski definition) is 2. The van der Waals surface area contributed by atoms with Crippen molar-refractivity contribution in [2.75, 3.05) is 13.1 Å². The molecule has 3 atom stereocenters. The fourth-order valence-electron chi connectivity index (χ4n) is 3.93. The summed E-state index contributed by atoms with van der Waals surface area (Å²) < 4.78 is 0. The zero-order valence-corrected chi connectivity index (χ0v) is 14.2. The molecule has 1 aliphatic carbocycles. The van der Waals surface area contributed by atoms with Gasteiger partial charge in [0.15, 0.2) is 0 Å². The standard InChI is InChI=1S/C19H26N2O3/c1-19(18(24)20-13-15-9-5-10-16(15)22)11-6-12-21(19)17(23)14-7-3-2-4-8-14/h2-4,7-8,15-16,22H,5-6,9-13H2,1H3,(H,20,24). The second-order valence-electron chi connectivity index (χ2n) is 7.17. The van der Waals surface area contributed by atoms with Crippen LogP contribution in [0.15, 0.2) is 30.3 Å². The summed E-state index contributed by atoms with van der Waals surface area (Å²) in [7, 11) is 0. The molecule has 0 bridgehead atoms. The molecule has 2 amide bonds. The van der Waals surface area contributed by atoms with Crippen LogP contribution >= 0.6 is 0 Å². The van der Waals surface area contributed by atoms with Gasteiger partial charge in [-0.2, -0.15) is 0 Å². The Kier molecular flexibility index (Phi) is 4.90. The van der Waals surface area contributed by atoms with Gasteiger partial charge >= 0.3 is 0 Å². The Morgan fingerprint density at radius 2 is 2.00 bits per heavy atom. The molecule has 130 valence electrons. The number of nitrogens with one attached hydrogen (secondary N) is 1. The first kappa shape index (κ1) is 17.0. The largest absolute Gasteiger partial charge is 0.393 e. The average Bonchev–Trinajstić information content (AvgIpc) is 3.19. The minimum atomic E-state index is -0.809. The monoisotopic (exact) mass is 330 g/mol. The highest BCUT2D eigenvalue weighted by molar-refractivity contribution is 5.99. The summed E-state index contributed by atoms with van der Waals surface area (Å²) in [5.41, 5.74) is -0.194. The molecule has 2 N–H and O–H groups in total. The third kappa shape index (κ3) is 3.18. The molecule has 24 heavy (non-hydrogen) atoms. The van der Waals surface area contributed by atoms with Crippen molar-refractivity contribution in [3.05, 3.63) is 35.9 Å². The van der Waals surface area contributed by atoms with Crippen LogP contribution in [0.5, 0.6) is 0 Å². The summed E-state index contributed by atoms with van der Waals surface area (Å²) in [5.74, 6) is -0.0627. The van der Waals surface area contributed by atoms with Crippen LogP contribution < -0.4 is 5.32 Å². The lowest BCUT2D eigenvalue weighted by Gasteiger charge is -2.34. The Balaban J connectivity index is 1.68. The quantitative estimate of drug-likeness (QED) is 0.887. The molecule has 1 aromatic rings. The molecule has 0 spiro atoms. The second kappa shape index (κ2) is 6.93. The molecule has 3 unspecified atom stereocenters. The zero-order valence-electron chi connectivity index (χ0n) is 14.2. The molecule has 3 rings (SSSR count). The van der Waals surface area contributed by atoms with E-state index in [-0.39, 0.29) is 23.8 Å². The van der Waals surface area contributed by atoms with Crippen LogP contribution in [0.3, 0.4) is 0 Å². The number of carbonyl (C=O) groups is 2. The van der Waals surface area contributed by atoms with Crippen molar-refractivity contribution >= 4 is 11.8 Å². The number of amides is 2. The van der Waals surface area contributed by atoms with Gasteiger partial charge in [0.1, 0.15) is 5.54 Å². The maximum atomic E-state index is 12.8. The maximum absolute atomic E-state index is 12.8. The summed E-state index contributed by atoms with van der Waals surface area (Å²) in [6.45, 7) is 2.94. The summed E-state index contributed by atoms with van der Waals surface area (Å²) in [5, 5.41) is 12.9. The number of likely N-dealkylation sites (tertiary alicyclic amines) is 1. The highest BCUT2D eigenvalue weighted by Crippen LogP contribution is 2.31. The summed E-state index contributed by atoms with van der Waals surface area (Å²) >= 11 is 0. The van der Waals surface area contributed by atoms with Crippen molar-refractivity contribution in [3.8, 4) is 0 Å². The van der Waals surface area contributed by atoms with E-state index in [1.807, 2.05) is 25.1 Å². The van der Waals surface area contributed by atoms with E-state index in [4.69, 9.17) is 0 Å². The fourth-order valence-corrected chi connectivity index (χ4v) is 3.93. The topological polar surface area (TPSA) is 69.6 Å². The molecule has 1 aliphatic heterocycles. The highest BCUT2D eigenvalue weighted by atomic mass is 16.3. The van der Waals surface area contributed by atoms with Gasteiger partial charge in [-0.25, -0.2) is 0 Å². The van der Waals surface area contributed by atoms with Gasteiger partial charge in [-0.3, -0.25) is 9.59 Å². The molecule has 1 aromatic carbocycles. The van der Waals surface area contributed by atoms with Crippen LogP contribution in [0.25, 0.3) is 0 Å². The van der Waals surface area contributed by atoms with Crippen molar-refractivity contribution in [2.24, 2.45) is 5.92 Å². The molecule has 2 aliphatic rings. The third-order valence-electron chi connectivity index (χ3n) is 5.54. The summed E-state index contributed by atoms with van der Waals surface area (Å²) in [6, 6.07) is 9.12. The average molecular weight is 330 g/mol. The van der Waals surface area contributed by atoms with E-state index in [1.54, 1.807) is 17.0 Å². The molecule has 1 saturated heterocycles. The number of rotatable bonds is 4. The van der Waals surface area contributed by atoms with Crippen LogP contribution in [-0.2, 0) is 4.79 Å². The minimum absolute atomic E-state index is 0.0911. The zero-order chi connectivity index (χ0) is 17.2. The van der Waals surface area contributed by atoms with Crippen LogP contribution in [-0.4, -0.2) is 46.6 Å². The normalized spacial score (nSPS) is 29.7. The highest BCUT2D eigenvalue weighted by Gasteiger charge is 2.46. The lowest BCUT2D eigenvalue weighted by molar-refractivity contribution is -0.130. The predicted octanol–water partition coefficient (Wildman–Crippen LogP) is 1.96. The van der Waals surface area contributed by atoms with Crippen LogP contribution in [0.1, 0.15) is 49.4 Å². The number of carbonyl (C=O) groups excluding carboxylic acids is 2. The van der Waals surface area contributed by atoms with Crippen LogP contribution in [0.2, 0.25) is 0 Å². The van der Waals surface area contributed by atoms with Gasteiger partial charge in [0.2, 0.25) is 5.91 Å². The lowest BCUT2D eigenvalue weighted by atomic mass is 9.96. The van der Waals surface area contributed by atoms with E-state index < -0.39 is 5.54 Å². The van der Waals surface area contributed by atoms with Gasteiger partial charge < -0.3 is 15.3 Å². The first-order valence-corrected chi connectivity index (χ1v) is 8.86. The summed E-state index contributed by atoms with van der Waals surface area (Å²) in [4.78, 5) is 27.3. The van der Waals surface area contributed by atoms with Crippen LogP contribution in [0.4, 0.5) is 0 Å². The van der Waals surface area contributed by atoms with E-state index in [1.165, 1.54) is 0 Å². The van der Waals surface area contributed by atoms with Crippen molar-refractivity contribution < 1.29 is 14.7 Å². The number of benzene rings is 1. The Labute approximate surface area is 143 Å². The molecule has 1 saturated carbocycles. The van der Waals surface area contributed by atoms with Gasteiger partial charge in [0.05, 0.1) is 6.10 Å². The smallest absolute Gasteiger partial charge is 0.254 e. The molecule has 0 aromatic heterocycles. The van der Waals surface area contributed by atoms with Gasteiger partial charge in [0.25, 0.3) is 5.91 Å². The van der Waals surface area contributed by atoms with Crippen molar-refractivity contribution in [2.45, 2.75) is 50.7 Å². The van der Waals surface area contributed by atoms with E-state index in [9.17, 15) is 14.7 Å².